The van der Waals surface area contributed by atoms with Crippen LogP contribution < -0.4 is 5.32 Å². The zero-order valence-electron chi connectivity index (χ0n) is 12.5. The van der Waals surface area contributed by atoms with Crippen molar-refractivity contribution in [3.05, 3.63) is 40.9 Å². The number of amides is 1. The second-order valence-corrected chi connectivity index (χ2v) is 5.70. The highest BCUT2D eigenvalue weighted by atomic mass is 32.1. The summed E-state index contributed by atoms with van der Waals surface area (Å²) in [5, 5.41) is 13.4. The molecule has 0 aliphatic rings. The molecule has 0 fully saturated rings. The predicted octanol–water partition coefficient (Wildman–Crippen LogP) is 2.25. The molecule has 22 heavy (non-hydrogen) atoms. The number of aryl methyl sites for hydroxylation is 1. The summed E-state index contributed by atoms with van der Waals surface area (Å²) in [6, 6.07) is 7.68. The first-order valence-electron chi connectivity index (χ1n) is 7.20. The minimum Gasteiger partial charge on any atom is -0.394 e. The van der Waals surface area contributed by atoms with E-state index in [1.807, 2.05) is 36.6 Å². The van der Waals surface area contributed by atoms with Crippen molar-refractivity contribution in [2.45, 2.75) is 13.3 Å². The van der Waals surface area contributed by atoms with E-state index in [-0.39, 0.29) is 12.5 Å². The molecule has 0 aliphatic heterocycles. The molecular weight excluding hydrogens is 300 g/mol. The quantitative estimate of drug-likeness (QED) is 0.732. The Morgan fingerprint density at radius 1 is 1.36 bits per heavy atom. The first-order chi connectivity index (χ1) is 10.7. The van der Waals surface area contributed by atoms with Crippen molar-refractivity contribution >= 4 is 17.2 Å². The van der Waals surface area contributed by atoms with Gasteiger partial charge < -0.3 is 15.2 Å². The lowest BCUT2D eigenvalue weighted by Gasteiger charge is -2.08. The number of carbonyl (C=O) groups is 1. The third-order valence-electron chi connectivity index (χ3n) is 3.09. The van der Waals surface area contributed by atoms with Crippen LogP contribution in [-0.4, -0.2) is 42.4 Å². The van der Waals surface area contributed by atoms with Crippen molar-refractivity contribution in [2.24, 2.45) is 0 Å². The van der Waals surface area contributed by atoms with Crippen molar-refractivity contribution in [1.29, 1.82) is 0 Å². The van der Waals surface area contributed by atoms with Crippen LogP contribution in [0.15, 0.2) is 29.6 Å². The molecule has 0 aliphatic carbocycles. The van der Waals surface area contributed by atoms with E-state index in [4.69, 9.17) is 9.84 Å². The molecule has 5 nitrogen and oxygen atoms in total. The van der Waals surface area contributed by atoms with Gasteiger partial charge in [0, 0.05) is 13.2 Å². The molecule has 6 heteroatoms. The van der Waals surface area contributed by atoms with Crippen molar-refractivity contribution < 1.29 is 14.6 Å². The number of carbonyl (C=O) groups excluding carboxylic acids is 1. The van der Waals surface area contributed by atoms with Crippen LogP contribution in [-0.2, 0) is 4.74 Å². The highest BCUT2D eigenvalue weighted by Crippen LogP contribution is 2.23. The zero-order chi connectivity index (χ0) is 15.8. The van der Waals surface area contributed by atoms with Crippen LogP contribution in [0.25, 0.3) is 10.6 Å². The number of aliphatic hydroxyl groups excluding tert-OH is 1. The zero-order valence-corrected chi connectivity index (χ0v) is 13.4. The molecule has 0 bridgehead atoms. The van der Waals surface area contributed by atoms with E-state index in [1.54, 1.807) is 11.3 Å². The molecule has 2 heterocycles. The van der Waals surface area contributed by atoms with Gasteiger partial charge in [0.25, 0.3) is 5.91 Å². The third kappa shape index (κ3) is 4.62. The van der Waals surface area contributed by atoms with Gasteiger partial charge in [-0.2, -0.15) is 0 Å². The van der Waals surface area contributed by atoms with Crippen LogP contribution in [0, 0.1) is 6.92 Å². The molecule has 1 amide bonds. The molecule has 118 valence electrons. The molecule has 0 unspecified atom stereocenters. The maximum atomic E-state index is 12.1. The number of nitrogens with zero attached hydrogens (tertiary/aromatic N) is 1. The fraction of sp³-hybridized carbons (Fsp3) is 0.375. The summed E-state index contributed by atoms with van der Waals surface area (Å²) < 4.78 is 5.14. The van der Waals surface area contributed by atoms with Crippen LogP contribution in [0.3, 0.4) is 0 Å². The van der Waals surface area contributed by atoms with Gasteiger partial charge in [-0.3, -0.25) is 9.78 Å². The second kappa shape index (κ2) is 8.63. The molecule has 0 saturated heterocycles. The summed E-state index contributed by atoms with van der Waals surface area (Å²) in [5.41, 5.74) is 2.21. The molecule has 0 saturated carbocycles. The monoisotopic (exact) mass is 320 g/mol. The van der Waals surface area contributed by atoms with E-state index in [2.05, 4.69) is 10.3 Å². The Morgan fingerprint density at radius 2 is 2.23 bits per heavy atom. The van der Waals surface area contributed by atoms with Gasteiger partial charge in [-0.05, 0) is 36.9 Å². The van der Waals surface area contributed by atoms with E-state index >= 15 is 0 Å². The summed E-state index contributed by atoms with van der Waals surface area (Å²) >= 11 is 1.63. The van der Waals surface area contributed by atoms with Gasteiger partial charge in [0.2, 0.25) is 0 Å². The van der Waals surface area contributed by atoms with Gasteiger partial charge in [-0.25, -0.2) is 0 Å². The van der Waals surface area contributed by atoms with Crippen LogP contribution in [0.4, 0.5) is 0 Å². The summed E-state index contributed by atoms with van der Waals surface area (Å²) in [6.07, 6.45) is 0.714. The lowest BCUT2D eigenvalue weighted by molar-refractivity contribution is 0.0867. The number of rotatable bonds is 8. The Morgan fingerprint density at radius 3 is 2.91 bits per heavy atom. The fourth-order valence-corrected chi connectivity index (χ4v) is 2.70. The molecule has 2 N–H and O–H groups in total. The maximum Gasteiger partial charge on any atom is 0.253 e. The number of aromatic nitrogens is 1. The van der Waals surface area contributed by atoms with Gasteiger partial charge in [0.1, 0.15) is 0 Å². The standard InChI is InChI=1S/C16H20N2O3S/c1-12-13(16(20)17-7-3-9-21-10-8-19)5-6-14(18-12)15-4-2-11-22-15/h2,4-6,11,19H,3,7-10H2,1H3,(H,17,20). The lowest BCUT2D eigenvalue weighted by Crippen LogP contribution is -2.26. The minimum absolute atomic E-state index is 0.0216. The SMILES string of the molecule is Cc1nc(-c2cccs2)ccc1C(=O)NCCCOCCO. The summed E-state index contributed by atoms with van der Waals surface area (Å²) in [5.74, 6) is -0.120. The van der Waals surface area contributed by atoms with E-state index in [9.17, 15) is 4.79 Å². The molecule has 2 aromatic heterocycles. The number of aliphatic hydroxyl groups is 1. The van der Waals surface area contributed by atoms with Gasteiger partial charge in [0.05, 0.1) is 35.0 Å². The second-order valence-electron chi connectivity index (χ2n) is 4.75. The van der Waals surface area contributed by atoms with E-state index in [0.717, 1.165) is 16.3 Å². The van der Waals surface area contributed by atoms with E-state index in [1.165, 1.54) is 0 Å². The highest BCUT2D eigenvalue weighted by molar-refractivity contribution is 7.13. The van der Waals surface area contributed by atoms with Gasteiger partial charge >= 0.3 is 0 Å². The van der Waals surface area contributed by atoms with Crippen molar-refractivity contribution in [1.82, 2.24) is 10.3 Å². The smallest absolute Gasteiger partial charge is 0.253 e. The molecule has 2 aromatic rings. The molecule has 0 aromatic carbocycles. The number of thiophene rings is 1. The summed E-state index contributed by atoms with van der Waals surface area (Å²) in [6.45, 7) is 3.26. The molecule has 2 rings (SSSR count). The Kier molecular flexibility index (Phi) is 6.51. The minimum atomic E-state index is -0.120. The molecular formula is C16H20N2O3S. The Hall–Kier alpha value is -1.76. The van der Waals surface area contributed by atoms with E-state index < -0.39 is 0 Å². The van der Waals surface area contributed by atoms with Gasteiger partial charge in [-0.1, -0.05) is 6.07 Å². The number of ether oxygens (including phenoxy) is 1. The molecule has 0 radical (unpaired) electrons. The maximum absolute atomic E-state index is 12.1. The van der Waals surface area contributed by atoms with Crippen LogP contribution in [0.5, 0.6) is 0 Å². The first-order valence-corrected chi connectivity index (χ1v) is 8.08. The summed E-state index contributed by atoms with van der Waals surface area (Å²) in [4.78, 5) is 17.7. The average molecular weight is 320 g/mol. The van der Waals surface area contributed by atoms with Gasteiger partial charge in [0.15, 0.2) is 0 Å². The van der Waals surface area contributed by atoms with Crippen LogP contribution in [0.2, 0.25) is 0 Å². The van der Waals surface area contributed by atoms with Crippen molar-refractivity contribution in [2.75, 3.05) is 26.4 Å². The fourth-order valence-electron chi connectivity index (χ4n) is 2.00. The number of hydrogen-bond acceptors (Lipinski definition) is 5. The van der Waals surface area contributed by atoms with Gasteiger partial charge in [-0.15, -0.1) is 11.3 Å². The third-order valence-corrected chi connectivity index (χ3v) is 3.98. The van der Waals surface area contributed by atoms with Crippen molar-refractivity contribution in [3.63, 3.8) is 0 Å². The summed E-state index contributed by atoms with van der Waals surface area (Å²) in [7, 11) is 0. The average Bonchev–Trinajstić information content (AvgIpc) is 3.04. The Bertz CT molecular complexity index is 599. The normalized spacial score (nSPS) is 10.6. The highest BCUT2D eigenvalue weighted by Gasteiger charge is 2.11. The number of hydrogen-bond donors (Lipinski definition) is 2. The lowest BCUT2D eigenvalue weighted by atomic mass is 10.1. The number of pyridine rings is 1. The van der Waals surface area contributed by atoms with E-state index in [0.29, 0.717) is 31.7 Å². The first kappa shape index (κ1) is 16.6. The molecule has 0 spiro atoms. The Balaban J connectivity index is 1.88. The van der Waals surface area contributed by atoms with Crippen LogP contribution >= 0.6 is 11.3 Å². The molecule has 0 atom stereocenters. The topological polar surface area (TPSA) is 71.5 Å². The predicted molar refractivity (Wildman–Crippen MR) is 87.1 cm³/mol. The Labute approximate surface area is 134 Å². The van der Waals surface area contributed by atoms with Crippen LogP contribution in [0.1, 0.15) is 22.5 Å². The van der Waals surface area contributed by atoms with Crippen molar-refractivity contribution in [3.8, 4) is 10.6 Å². The number of nitrogens with one attached hydrogen (secondary N) is 1. The largest absolute Gasteiger partial charge is 0.394 e.